The van der Waals surface area contributed by atoms with E-state index in [0.29, 0.717) is 19.6 Å². The Morgan fingerprint density at radius 2 is 1.86 bits per heavy atom. The van der Waals surface area contributed by atoms with E-state index in [-0.39, 0.29) is 23.5 Å². The molecule has 1 saturated heterocycles. The Balaban J connectivity index is 1.54. The zero-order valence-electron chi connectivity index (χ0n) is 16.1. The Labute approximate surface area is 166 Å². The predicted octanol–water partition coefficient (Wildman–Crippen LogP) is 3.43. The summed E-state index contributed by atoms with van der Waals surface area (Å²) in [6, 6.07) is 10.6. The maximum Gasteiger partial charge on any atom is 0.416 e. The number of methoxy groups -OCH3 is 1. The van der Waals surface area contributed by atoms with Crippen molar-refractivity contribution >= 4 is 5.91 Å². The molecule has 0 unspecified atom stereocenters. The number of amides is 1. The number of fused-ring (bicyclic) bond motifs is 2. The number of likely N-dealkylation sites (tertiary alicyclic amines) is 1. The van der Waals surface area contributed by atoms with Crippen LogP contribution in [0.2, 0.25) is 0 Å². The Hall–Kier alpha value is -2.74. The highest BCUT2D eigenvalue weighted by Gasteiger charge is 2.43. The van der Waals surface area contributed by atoms with Gasteiger partial charge in [-0.15, -0.1) is 0 Å². The van der Waals surface area contributed by atoms with Gasteiger partial charge in [0.25, 0.3) is 5.91 Å². The highest BCUT2D eigenvalue weighted by atomic mass is 19.4. The fraction of sp³-hybridized carbons (Fsp3) is 0.381. The SMILES string of the molecule is COc1ccc(CN2C[C@@H]3Oc4ccc(C(F)(F)F)cc4C(=O)N(C)[C@@H]3C2)cc1. The van der Waals surface area contributed by atoms with E-state index in [1.807, 2.05) is 24.3 Å². The van der Waals surface area contributed by atoms with E-state index < -0.39 is 17.6 Å². The van der Waals surface area contributed by atoms with Gasteiger partial charge in [-0.1, -0.05) is 12.1 Å². The number of likely N-dealkylation sites (N-methyl/N-ethyl adjacent to an activating group) is 1. The van der Waals surface area contributed by atoms with E-state index in [1.54, 1.807) is 14.2 Å². The van der Waals surface area contributed by atoms with Crippen LogP contribution in [0.3, 0.4) is 0 Å². The first-order valence-corrected chi connectivity index (χ1v) is 9.26. The molecule has 0 aliphatic carbocycles. The lowest BCUT2D eigenvalue weighted by molar-refractivity contribution is -0.137. The Bertz CT molecular complexity index is 914. The molecule has 154 valence electrons. The van der Waals surface area contributed by atoms with Crippen LogP contribution in [0.1, 0.15) is 21.5 Å². The summed E-state index contributed by atoms with van der Waals surface area (Å²) in [5.41, 5.74) is 0.208. The third kappa shape index (κ3) is 3.76. The monoisotopic (exact) mass is 406 g/mol. The largest absolute Gasteiger partial charge is 0.497 e. The number of alkyl halides is 3. The molecule has 0 saturated carbocycles. The van der Waals surface area contributed by atoms with Crippen LogP contribution in [0.25, 0.3) is 0 Å². The van der Waals surface area contributed by atoms with E-state index in [1.165, 1.54) is 11.0 Å². The van der Waals surface area contributed by atoms with Crippen molar-refractivity contribution < 1.29 is 27.4 Å². The zero-order chi connectivity index (χ0) is 20.8. The molecule has 2 atom stereocenters. The number of nitrogens with zero attached hydrogens (tertiary/aromatic N) is 2. The molecule has 2 aliphatic heterocycles. The van der Waals surface area contributed by atoms with Crippen LogP contribution in [-0.2, 0) is 12.7 Å². The smallest absolute Gasteiger partial charge is 0.416 e. The first-order valence-electron chi connectivity index (χ1n) is 9.26. The van der Waals surface area contributed by atoms with Crippen molar-refractivity contribution in [2.75, 3.05) is 27.2 Å². The number of ether oxygens (including phenoxy) is 2. The summed E-state index contributed by atoms with van der Waals surface area (Å²) in [5.74, 6) is 0.530. The van der Waals surface area contributed by atoms with E-state index in [0.717, 1.165) is 23.4 Å². The molecule has 2 heterocycles. The molecule has 29 heavy (non-hydrogen) atoms. The van der Waals surface area contributed by atoms with Gasteiger partial charge in [-0.3, -0.25) is 9.69 Å². The van der Waals surface area contributed by atoms with Gasteiger partial charge in [-0.05, 0) is 35.9 Å². The molecular weight excluding hydrogens is 385 g/mol. The minimum Gasteiger partial charge on any atom is -0.497 e. The second-order valence-electron chi connectivity index (χ2n) is 7.39. The normalized spacial score (nSPS) is 22.0. The Kier molecular flexibility index (Phi) is 4.90. The number of carbonyl (C=O) groups excluding carboxylic acids is 1. The quantitative estimate of drug-likeness (QED) is 0.783. The van der Waals surface area contributed by atoms with Crippen molar-refractivity contribution in [1.29, 1.82) is 0 Å². The summed E-state index contributed by atoms with van der Waals surface area (Å²) in [6.07, 6.45) is -4.81. The molecule has 0 N–H and O–H groups in total. The van der Waals surface area contributed by atoms with Crippen LogP contribution >= 0.6 is 0 Å². The minimum absolute atomic E-state index is 0.0431. The maximum atomic E-state index is 13.0. The Morgan fingerprint density at radius 3 is 2.52 bits per heavy atom. The molecule has 4 rings (SSSR count). The zero-order valence-corrected chi connectivity index (χ0v) is 16.1. The summed E-state index contributed by atoms with van der Waals surface area (Å²) in [5, 5.41) is 0. The van der Waals surface area contributed by atoms with Crippen molar-refractivity contribution in [3.63, 3.8) is 0 Å². The average molecular weight is 406 g/mol. The summed E-state index contributed by atoms with van der Waals surface area (Å²) < 4.78 is 50.3. The van der Waals surface area contributed by atoms with Gasteiger partial charge in [0.2, 0.25) is 0 Å². The highest BCUT2D eigenvalue weighted by molar-refractivity contribution is 5.97. The molecule has 0 aromatic heterocycles. The molecule has 5 nitrogen and oxygen atoms in total. The lowest BCUT2D eigenvalue weighted by atomic mass is 10.1. The first-order chi connectivity index (χ1) is 13.8. The lowest BCUT2D eigenvalue weighted by Crippen LogP contribution is -2.44. The Morgan fingerprint density at radius 1 is 1.14 bits per heavy atom. The molecule has 8 heteroatoms. The fourth-order valence-electron chi connectivity index (χ4n) is 3.92. The van der Waals surface area contributed by atoms with Crippen molar-refractivity contribution in [2.45, 2.75) is 24.9 Å². The van der Waals surface area contributed by atoms with E-state index in [2.05, 4.69) is 4.90 Å². The molecular formula is C21H21F3N2O3. The fourth-order valence-corrected chi connectivity index (χ4v) is 3.92. The van der Waals surface area contributed by atoms with Gasteiger partial charge in [-0.2, -0.15) is 13.2 Å². The van der Waals surface area contributed by atoms with Gasteiger partial charge in [0.1, 0.15) is 17.6 Å². The van der Waals surface area contributed by atoms with Crippen LogP contribution in [0.5, 0.6) is 11.5 Å². The van der Waals surface area contributed by atoms with Crippen molar-refractivity contribution in [3.05, 3.63) is 59.2 Å². The molecule has 2 aliphatic rings. The molecule has 2 aromatic rings. The van der Waals surface area contributed by atoms with E-state index in [4.69, 9.17) is 9.47 Å². The van der Waals surface area contributed by atoms with Gasteiger partial charge < -0.3 is 14.4 Å². The number of hydrogen-bond donors (Lipinski definition) is 0. The lowest BCUT2D eigenvalue weighted by Gasteiger charge is -2.25. The number of rotatable bonds is 3. The highest BCUT2D eigenvalue weighted by Crippen LogP contribution is 2.36. The molecule has 1 amide bonds. The van der Waals surface area contributed by atoms with Crippen molar-refractivity contribution in [2.24, 2.45) is 0 Å². The second kappa shape index (κ2) is 7.26. The van der Waals surface area contributed by atoms with E-state index in [9.17, 15) is 18.0 Å². The molecule has 0 radical (unpaired) electrons. The maximum absolute atomic E-state index is 13.0. The second-order valence-corrected chi connectivity index (χ2v) is 7.39. The van der Waals surface area contributed by atoms with Crippen LogP contribution < -0.4 is 9.47 Å². The van der Waals surface area contributed by atoms with Crippen LogP contribution in [0, 0.1) is 0 Å². The number of benzene rings is 2. The average Bonchev–Trinajstić information content (AvgIpc) is 3.05. The van der Waals surface area contributed by atoms with Gasteiger partial charge in [0.15, 0.2) is 0 Å². The first kappa shape index (κ1) is 19.6. The van der Waals surface area contributed by atoms with Crippen LogP contribution in [0.4, 0.5) is 13.2 Å². The number of carbonyl (C=O) groups is 1. The molecule has 0 bridgehead atoms. The van der Waals surface area contributed by atoms with Gasteiger partial charge >= 0.3 is 6.18 Å². The standard InChI is InChI=1S/C21H21F3N2O3/c1-25-17-11-26(10-13-3-6-15(28-2)7-4-13)12-19(17)29-18-8-5-14(21(22,23)24)9-16(18)20(25)27/h3-9,17,19H,10-12H2,1-2H3/t17-,19+/m1/s1. The molecule has 1 fully saturated rings. The summed E-state index contributed by atoms with van der Waals surface area (Å²) in [4.78, 5) is 16.5. The number of halogens is 3. The van der Waals surface area contributed by atoms with Gasteiger partial charge in [-0.25, -0.2) is 0 Å². The molecule has 0 spiro atoms. The molecule has 2 aromatic carbocycles. The van der Waals surface area contributed by atoms with Gasteiger partial charge in [0, 0.05) is 26.7 Å². The van der Waals surface area contributed by atoms with Crippen LogP contribution in [0.15, 0.2) is 42.5 Å². The number of hydrogen-bond acceptors (Lipinski definition) is 4. The minimum atomic E-state index is -4.51. The van der Waals surface area contributed by atoms with Crippen molar-refractivity contribution in [3.8, 4) is 11.5 Å². The summed E-state index contributed by atoms with van der Waals surface area (Å²) in [7, 11) is 3.23. The third-order valence-corrected chi connectivity index (χ3v) is 5.51. The third-order valence-electron chi connectivity index (χ3n) is 5.51. The topological polar surface area (TPSA) is 42.0 Å². The van der Waals surface area contributed by atoms with Crippen molar-refractivity contribution in [1.82, 2.24) is 9.80 Å². The predicted molar refractivity (Wildman–Crippen MR) is 100 cm³/mol. The van der Waals surface area contributed by atoms with Gasteiger partial charge in [0.05, 0.1) is 24.3 Å². The summed E-state index contributed by atoms with van der Waals surface area (Å²) >= 11 is 0. The summed E-state index contributed by atoms with van der Waals surface area (Å²) in [6.45, 7) is 1.84. The van der Waals surface area contributed by atoms with E-state index >= 15 is 0 Å². The van der Waals surface area contributed by atoms with Crippen LogP contribution in [-0.4, -0.2) is 55.1 Å².